The Kier molecular flexibility index (Phi) is 4.29. The van der Waals surface area contributed by atoms with Gasteiger partial charge in [0.1, 0.15) is 0 Å². The summed E-state index contributed by atoms with van der Waals surface area (Å²) in [4.78, 5) is 52.4. The van der Waals surface area contributed by atoms with Crippen LogP contribution in [0, 0.1) is 12.8 Å². The molecule has 0 aliphatic carbocycles. The maximum Gasteiger partial charge on any atom is 0.330 e. The van der Waals surface area contributed by atoms with E-state index in [1.54, 1.807) is 22.6 Å². The number of urea groups is 1. The average molecular weight is 334 g/mol. The minimum absolute atomic E-state index is 0.178. The van der Waals surface area contributed by atoms with Crippen molar-refractivity contribution in [1.82, 2.24) is 18.9 Å². The van der Waals surface area contributed by atoms with Crippen LogP contribution in [0.4, 0.5) is 4.79 Å². The predicted molar refractivity (Wildman–Crippen MR) is 86.8 cm³/mol. The second kappa shape index (κ2) is 6.26. The number of hydrogen-bond acceptors (Lipinski definition) is 4. The molecule has 3 rings (SSSR count). The first kappa shape index (κ1) is 16.5. The molecule has 0 aromatic carbocycles. The normalized spacial score (nSPS) is 22.2. The Morgan fingerprint density at radius 3 is 2.46 bits per heavy atom. The van der Waals surface area contributed by atoms with Gasteiger partial charge in [0, 0.05) is 44.5 Å². The number of aryl methyl sites for hydroxylation is 2. The molecule has 3 amide bonds. The summed E-state index contributed by atoms with van der Waals surface area (Å²) in [6, 6.07) is -0.266. The molecule has 0 N–H and O–H groups in total. The lowest BCUT2D eigenvalue weighted by molar-refractivity contribution is -0.135. The number of fused-ring (bicyclic) bond motifs is 4. The van der Waals surface area contributed by atoms with E-state index in [-0.39, 0.29) is 42.2 Å². The maximum absolute atomic E-state index is 12.5. The van der Waals surface area contributed by atoms with Crippen LogP contribution in [-0.4, -0.2) is 50.5 Å². The fourth-order valence-electron chi connectivity index (χ4n) is 3.39. The summed E-state index contributed by atoms with van der Waals surface area (Å²) < 4.78 is 2.75. The van der Waals surface area contributed by atoms with Gasteiger partial charge in [-0.05, 0) is 19.8 Å². The number of carbonyl (C=O) groups excluding carboxylic acids is 2. The molecule has 8 nitrogen and oxygen atoms in total. The van der Waals surface area contributed by atoms with E-state index in [1.807, 2.05) is 6.92 Å². The molecule has 2 aliphatic heterocycles. The summed E-state index contributed by atoms with van der Waals surface area (Å²) in [6.45, 7) is 5.27. The lowest BCUT2D eigenvalue weighted by Gasteiger charge is -2.37. The molecule has 0 saturated carbocycles. The van der Waals surface area contributed by atoms with Crippen LogP contribution in [0.25, 0.3) is 0 Å². The lowest BCUT2D eigenvalue weighted by atomic mass is 10.1. The standard InChI is InChI=1S/C16H22N4O4/c1-11-9-17-5-3-6-18-10-12(2)14(22)20(16(18)24)8-4-7-19(13(11)21)15(17)23/h9,12H,3-8,10H2,1-2H3. The van der Waals surface area contributed by atoms with E-state index in [2.05, 4.69) is 0 Å². The monoisotopic (exact) mass is 334 g/mol. The zero-order valence-corrected chi connectivity index (χ0v) is 14.0. The first-order valence-electron chi connectivity index (χ1n) is 8.31. The second-order valence-electron chi connectivity index (χ2n) is 6.57. The molecule has 24 heavy (non-hydrogen) atoms. The molecule has 1 fully saturated rings. The number of carbonyl (C=O) groups is 2. The van der Waals surface area contributed by atoms with Crippen LogP contribution in [0.1, 0.15) is 25.3 Å². The Morgan fingerprint density at radius 1 is 1.00 bits per heavy atom. The first-order valence-corrected chi connectivity index (χ1v) is 8.31. The number of aromatic nitrogens is 2. The van der Waals surface area contributed by atoms with Crippen molar-refractivity contribution in [2.45, 2.75) is 39.8 Å². The fourth-order valence-corrected chi connectivity index (χ4v) is 3.39. The largest absolute Gasteiger partial charge is 0.330 e. The highest BCUT2D eigenvalue weighted by Crippen LogP contribution is 2.17. The molecule has 130 valence electrons. The molecule has 1 atom stereocenters. The van der Waals surface area contributed by atoms with Gasteiger partial charge in [0.05, 0.1) is 5.92 Å². The summed E-state index contributed by atoms with van der Waals surface area (Å²) >= 11 is 0. The Labute approximate surface area is 139 Å². The van der Waals surface area contributed by atoms with Crippen LogP contribution in [0.3, 0.4) is 0 Å². The highest BCUT2D eigenvalue weighted by atomic mass is 16.2. The Balaban J connectivity index is 1.96. The van der Waals surface area contributed by atoms with E-state index in [0.717, 1.165) is 0 Å². The van der Waals surface area contributed by atoms with Crippen molar-refractivity contribution in [3.63, 3.8) is 0 Å². The molecule has 0 radical (unpaired) electrons. The van der Waals surface area contributed by atoms with Gasteiger partial charge in [-0.15, -0.1) is 0 Å². The summed E-state index contributed by atoms with van der Waals surface area (Å²) in [6.07, 6.45) is 2.57. The van der Waals surface area contributed by atoms with Gasteiger partial charge >= 0.3 is 11.7 Å². The van der Waals surface area contributed by atoms with E-state index in [9.17, 15) is 19.2 Å². The van der Waals surface area contributed by atoms with E-state index >= 15 is 0 Å². The van der Waals surface area contributed by atoms with E-state index < -0.39 is 0 Å². The molecule has 2 aliphatic rings. The smallest absolute Gasteiger partial charge is 0.323 e. The van der Waals surface area contributed by atoms with Gasteiger partial charge in [-0.1, -0.05) is 6.92 Å². The van der Waals surface area contributed by atoms with Crippen molar-refractivity contribution in [1.29, 1.82) is 0 Å². The number of nitrogens with zero attached hydrogens (tertiary/aromatic N) is 4. The molecule has 1 saturated heterocycles. The third kappa shape index (κ3) is 2.76. The molecule has 3 heterocycles. The summed E-state index contributed by atoms with van der Waals surface area (Å²) in [7, 11) is 0. The topological polar surface area (TPSA) is 84.6 Å². The highest BCUT2D eigenvalue weighted by molar-refractivity contribution is 5.97. The fraction of sp³-hybridized carbons (Fsp3) is 0.625. The molecule has 4 bridgehead atoms. The zero-order chi connectivity index (χ0) is 17.4. The van der Waals surface area contributed by atoms with Crippen molar-refractivity contribution in [2.24, 2.45) is 5.92 Å². The van der Waals surface area contributed by atoms with Crippen molar-refractivity contribution in [2.75, 3.05) is 19.6 Å². The van der Waals surface area contributed by atoms with Crippen LogP contribution in [0.2, 0.25) is 0 Å². The number of hydrogen-bond donors (Lipinski definition) is 0. The van der Waals surface area contributed by atoms with Crippen LogP contribution in [0.15, 0.2) is 15.8 Å². The molecular formula is C16H22N4O4. The summed E-state index contributed by atoms with van der Waals surface area (Å²) in [5.41, 5.74) is -0.111. The van der Waals surface area contributed by atoms with Crippen molar-refractivity contribution in [3.8, 4) is 0 Å². The Hall–Kier alpha value is -2.38. The predicted octanol–water partition coefficient (Wildman–Crippen LogP) is 0.0125. The lowest BCUT2D eigenvalue weighted by Crippen LogP contribution is -2.56. The van der Waals surface area contributed by atoms with Gasteiger partial charge < -0.3 is 9.47 Å². The number of rotatable bonds is 0. The summed E-state index contributed by atoms with van der Waals surface area (Å²) in [5, 5.41) is 0. The molecule has 1 unspecified atom stereocenters. The third-order valence-corrected chi connectivity index (χ3v) is 4.68. The average Bonchev–Trinajstić information content (AvgIpc) is 2.54. The highest BCUT2D eigenvalue weighted by Gasteiger charge is 2.36. The van der Waals surface area contributed by atoms with Crippen molar-refractivity contribution >= 4 is 11.9 Å². The van der Waals surface area contributed by atoms with Gasteiger partial charge in [-0.3, -0.25) is 19.1 Å². The molecule has 8 heteroatoms. The van der Waals surface area contributed by atoms with E-state index in [4.69, 9.17) is 0 Å². The molecule has 0 spiro atoms. The number of imide groups is 1. The number of amides is 3. The SMILES string of the molecule is Cc1cn2c(=O)n(c1=O)CCCN1C(=O)C(C)CN(CCC2)C1=O. The van der Waals surface area contributed by atoms with Gasteiger partial charge in [0.15, 0.2) is 0 Å². The van der Waals surface area contributed by atoms with Gasteiger partial charge in [0.2, 0.25) is 5.91 Å². The van der Waals surface area contributed by atoms with Gasteiger partial charge in [-0.2, -0.15) is 0 Å². The van der Waals surface area contributed by atoms with Crippen LogP contribution < -0.4 is 11.2 Å². The van der Waals surface area contributed by atoms with Crippen LogP contribution >= 0.6 is 0 Å². The van der Waals surface area contributed by atoms with Gasteiger partial charge in [-0.25, -0.2) is 9.59 Å². The maximum atomic E-state index is 12.5. The first-order chi connectivity index (χ1) is 11.4. The minimum Gasteiger partial charge on any atom is -0.323 e. The molecule has 1 aromatic heterocycles. The Bertz CT molecular complexity index is 794. The quantitative estimate of drug-likeness (QED) is 0.669. The van der Waals surface area contributed by atoms with E-state index in [1.165, 1.54) is 9.47 Å². The zero-order valence-electron chi connectivity index (χ0n) is 14.0. The molecular weight excluding hydrogens is 312 g/mol. The second-order valence-corrected chi connectivity index (χ2v) is 6.57. The van der Waals surface area contributed by atoms with Gasteiger partial charge in [0.25, 0.3) is 5.56 Å². The minimum atomic E-state index is -0.327. The van der Waals surface area contributed by atoms with Crippen molar-refractivity contribution in [3.05, 3.63) is 32.6 Å². The van der Waals surface area contributed by atoms with Crippen LogP contribution in [0.5, 0.6) is 0 Å². The third-order valence-electron chi connectivity index (χ3n) is 4.68. The summed E-state index contributed by atoms with van der Waals surface area (Å²) in [5.74, 6) is -0.404. The van der Waals surface area contributed by atoms with E-state index in [0.29, 0.717) is 38.0 Å². The Morgan fingerprint density at radius 2 is 1.71 bits per heavy atom. The van der Waals surface area contributed by atoms with Crippen molar-refractivity contribution < 1.29 is 9.59 Å². The molecule has 1 aromatic rings. The van der Waals surface area contributed by atoms with Crippen LogP contribution in [-0.2, 0) is 17.9 Å².